The van der Waals surface area contributed by atoms with Gasteiger partial charge in [0.25, 0.3) is 0 Å². The van der Waals surface area contributed by atoms with Gasteiger partial charge in [0.2, 0.25) is 5.88 Å². The van der Waals surface area contributed by atoms with Crippen molar-refractivity contribution in [1.29, 1.82) is 0 Å². The van der Waals surface area contributed by atoms with Crippen LogP contribution in [0.5, 0.6) is 5.88 Å². The van der Waals surface area contributed by atoms with E-state index in [0.29, 0.717) is 5.88 Å². The number of nitrogens with one attached hydrogen (secondary N) is 1. The Bertz CT molecular complexity index is 472. The maximum atomic E-state index is 5.01. The first-order chi connectivity index (χ1) is 8.79. The predicted octanol–water partition coefficient (Wildman–Crippen LogP) is 1.73. The topological polar surface area (TPSA) is 59.9 Å². The van der Waals surface area contributed by atoms with Crippen molar-refractivity contribution in [2.45, 2.75) is 19.5 Å². The van der Waals surface area contributed by atoms with Crippen LogP contribution in [0.25, 0.3) is 0 Å². The van der Waals surface area contributed by atoms with Crippen molar-refractivity contribution >= 4 is 0 Å². The Morgan fingerprint density at radius 3 is 2.61 bits per heavy atom. The fourth-order valence-corrected chi connectivity index (χ4v) is 1.53. The smallest absolute Gasteiger partial charge is 0.212 e. The maximum Gasteiger partial charge on any atom is 0.212 e. The van der Waals surface area contributed by atoms with Crippen LogP contribution in [-0.4, -0.2) is 22.1 Å². The van der Waals surface area contributed by atoms with Crippen LogP contribution in [0.15, 0.2) is 36.8 Å². The third kappa shape index (κ3) is 3.24. The second-order valence-electron chi connectivity index (χ2n) is 3.92. The zero-order chi connectivity index (χ0) is 12.8. The molecule has 0 saturated heterocycles. The highest BCUT2D eigenvalue weighted by Gasteiger charge is 2.06. The lowest BCUT2D eigenvalue weighted by Gasteiger charge is -2.12. The molecule has 94 valence electrons. The van der Waals surface area contributed by atoms with Crippen molar-refractivity contribution in [3.63, 3.8) is 0 Å². The van der Waals surface area contributed by atoms with Gasteiger partial charge in [0, 0.05) is 31.2 Å². The minimum Gasteiger partial charge on any atom is -0.481 e. The van der Waals surface area contributed by atoms with E-state index in [4.69, 9.17) is 4.74 Å². The Kier molecular flexibility index (Phi) is 4.20. The van der Waals surface area contributed by atoms with Crippen molar-refractivity contribution in [1.82, 2.24) is 20.3 Å². The fourth-order valence-electron chi connectivity index (χ4n) is 1.53. The van der Waals surface area contributed by atoms with Gasteiger partial charge >= 0.3 is 0 Å². The summed E-state index contributed by atoms with van der Waals surface area (Å²) in [6.45, 7) is 2.75. The molecule has 1 atom stereocenters. The standard InChI is InChI=1S/C13H16N4O/c1-10(13-14-6-3-7-15-13)16-8-11-4-5-12(18-2)17-9-11/h3-7,9-10,16H,8H2,1-2H3. The van der Waals surface area contributed by atoms with E-state index in [1.165, 1.54) is 0 Å². The molecule has 0 aliphatic carbocycles. The Hall–Kier alpha value is -2.01. The molecule has 5 nitrogen and oxygen atoms in total. The monoisotopic (exact) mass is 244 g/mol. The van der Waals surface area contributed by atoms with Gasteiger partial charge in [0.15, 0.2) is 0 Å². The lowest BCUT2D eigenvalue weighted by molar-refractivity contribution is 0.397. The average molecular weight is 244 g/mol. The van der Waals surface area contributed by atoms with Gasteiger partial charge < -0.3 is 10.1 Å². The SMILES string of the molecule is COc1ccc(CNC(C)c2ncccn2)cn1. The quantitative estimate of drug-likeness (QED) is 0.868. The van der Waals surface area contributed by atoms with E-state index >= 15 is 0 Å². The fraction of sp³-hybridized carbons (Fsp3) is 0.308. The molecule has 0 spiro atoms. The molecule has 18 heavy (non-hydrogen) atoms. The first-order valence-corrected chi connectivity index (χ1v) is 5.79. The van der Waals surface area contributed by atoms with Crippen LogP contribution in [0, 0.1) is 0 Å². The summed E-state index contributed by atoms with van der Waals surface area (Å²) in [6, 6.07) is 5.75. The van der Waals surface area contributed by atoms with E-state index in [0.717, 1.165) is 17.9 Å². The van der Waals surface area contributed by atoms with Crippen LogP contribution in [0.3, 0.4) is 0 Å². The highest BCUT2D eigenvalue weighted by atomic mass is 16.5. The van der Waals surface area contributed by atoms with Crippen molar-refractivity contribution in [3.05, 3.63) is 48.2 Å². The van der Waals surface area contributed by atoms with Gasteiger partial charge in [-0.25, -0.2) is 15.0 Å². The first kappa shape index (κ1) is 12.4. The van der Waals surface area contributed by atoms with Gasteiger partial charge in [0.05, 0.1) is 13.2 Å². The Morgan fingerprint density at radius 1 is 1.22 bits per heavy atom. The number of rotatable bonds is 5. The summed E-state index contributed by atoms with van der Waals surface area (Å²) in [5.41, 5.74) is 1.10. The predicted molar refractivity (Wildman–Crippen MR) is 68.1 cm³/mol. The summed E-state index contributed by atoms with van der Waals surface area (Å²) in [5.74, 6) is 1.41. The molecule has 0 aromatic carbocycles. The number of hydrogen-bond acceptors (Lipinski definition) is 5. The molecule has 0 bridgehead atoms. The second kappa shape index (κ2) is 6.07. The van der Waals surface area contributed by atoms with E-state index in [-0.39, 0.29) is 6.04 Å². The molecule has 2 aromatic rings. The largest absolute Gasteiger partial charge is 0.481 e. The molecule has 0 fully saturated rings. The Morgan fingerprint density at radius 2 is 2.00 bits per heavy atom. The molecule has 2 rings (SSSR count). The molecule has 5 heteroatoms. The molecule has 1 N–H and O–H groups in total. The number of ether oxygens (including phenoxy) is 1. The Balaban J connectivity index is 1.91. The van der Waals surface area contributed by atoms with Crippen LogP contribution < -0.4 is 10.1 Å². The molecule has 0 radical (unpaired) electrons. The molecule has 0 aliphatic heterocycles. The molecule has 2 aromatic heterocycles. The summed E-state index contributed by atoms with van der Waals surface area (Å²) >= 11 is 0. The van der Waals surface area contributed by atoms with Gasteiger partial charge in [-0.1, -0.05) is 6.07 Å². The molecule has 2 heterocycles. The van der Waals surface area contributed by atoms with E-state index < -0.39 is 0 Å². The zero-order valence-corrected chi connectivity index (χ0v) is 10.5. The number of methoxy groups -OCH3 is 1. The van der Waals surface area contributed by atoms with Gasteiger partial charge in [-0.05, 0) is 18.6 Å². The van der Waals surface area contributed by atoms with Crippen LogP contribution >= 0.6 is 0 Å². The third-order valence-electron chi connectivity index (χ3n) is 2.59. The highest BCUT2D eigenvalue weighted by molar-refractivity contribution is 5.17. The number of aromatic nitrogens is 3. The van der Waals surface area contributed by atoms with Crippen molar-refractivity contribution in [2.75, 3.05) is 7.11 Å². The average Bonchev–Trinajstić information content (AvgIpc) is 2.46. The normalized spacial score (nSPS) is 12.1. The summed E-state index contributed by atoms with van der Waals surface area (Å²) < 4.78 is 5.01. The van der Waals surface area contributed by atoms with Crippen molar-refractivity contribution in [3.8, 4) is 5.88 Å². The summed E-state index contributed by atoms with van der Waals surface area (Å²) in [6.07, 6.45) is 5.29. The zero-order valence-electron chi connectivity index (χ0n) is 10.5. The maximum absolute atomic E-state index is 5.01. The third-order valence-corrected chi connectivity index (χ3v) is 2.59. The van der Waals surface area contributed by atoms with Crippen molar-refractivity contribution in [2.24, 2.45) is 0 Å². The summed E-state index contributed by atoms with van der Waals surface area (Å²) in [7, 11) is 1.61. The molecular formula is C13H16N4O. The summed E-state index contributed by atoms with van der Waals surface area (Å²) in [4.78, 5) is 12.6. The molecular weight excluding hydrogens is 228 g/mol. The first-order valence-electron chi connectivity index (χ1n) is 5.79. The van der Waals surface area contributed by atoms with Gasteiger partial charge in [-0.2, -0.15) is 0 Å². The van der Waals surface area contributed by atoms with Crippen LogP contribution in [-0.2, 0) is 6.54 Å². The van der Waals surface area contributed by atoms with Gasteiger partial charge in [-0.15, -0.1) is 0 Å². The van der Waals surface area contributed by atoms with Gasteiger partial charge in [-0.3, -0.25) is 0 Å². The Labute approximate surface area is 106 Å². The number of pyridine rings is 1. The van der Waals surface area contributed by atoms with Crippen LogP contribution in [0.2, 0.25) is 0 Å². The minimum atomic E-state index is 0.105. The van der Waals surface area contributed by atoms with E-state index in [2.05, 4.69) is 20.3 Å². The van der Waals surface area contributed by atoms with E-state index in [1.54, 1.807) is 25.7 Å². The van der Waals surface area contributed by atoms with Gasteiger partial charge in [0.1, 0.15) is 5.82 Å². The molecule has 1 unspecified atom stereocenters. The van der Waals surface area contributed by atoms with Crippen LogP contribution in [0.1, 0.15) is 24.4 Å². The lowest BCUT2D eigenvalue weighted by atomic mass is 10.2. The van der Waals surface area contributed by atoms with E-state index in [9.17, 15) is 0 Å². The molecule has 0 saturated carbocycles. The molecule has 0 aliphatic rings. The number of hydrogen-bond donors (Lipinski definition) is 1. The number of nitrogens with zero attached hydrogens (tertiary/aromatic N) is 3. The minimum absolute atomic E-state index is 0.105. The highest BCUT2D eigenvalue weighted by Crippen LogP contribution is 2.09. The second-order valence-corrected chi connectivity index (χ2v) is 3.92. The van der Waals surface area contributed by atoms with Crippen molar-refractivity contribution < 1.29 is 4.74 Å². The molecule has 0 amide bonds. The van der Waals surface area contributed by atoms with Crippen LogP contribution in [0.4, 0.5) is 0 Å². The lowest BCUT2D eigenvalue weighted by Crippen LogP contribution is -2.20. The summed E-state index contributed by atoms with van der Waals surface area (Å²) in [5, 5.41) is 3.35. The van der Waals surface area contributed by atoms with E-state index in [1.807, 2.05) is 25.1 Å².